The van der Waals surface area contributed by atoms with Gasteiger partial charge in [-0.3, -0.25) is 4.79 Å². The highest BCUT2D eigenvalue weighted by Gasteiger charge is 2.25. The molecule has 1 aromatic carbocycles. The van der Waals surface area contributed by atoms with E-state index in [1.165, 1.54) is 11.3 Å². The van der Waals surface area contributed by atoms with Crippen LogP contribution in [0.5, 0.6) is 0 Å². The minimum atomic E-state index is -0.272. The maximum atomic E-state index is 12.2. The molecule has 1 aliphatic rings. The number of piperidine rings is 1. The van der Waals surface area contributed by atoms with Crippen molar-refractivity contribution in [2.45, 2.75) is 19.4 Å². The van der Waals surface area contributed by atoms with Gasteiger partial charge in [-0.1, -0.05) is 30.3 Å². The molecule has 1 aromatic heterocycles. The fraction of sp³-hybridized carbons (Fsp3) is 0.353. The Bertz CT molecular complexity index is 708. The van der Waals surface area contributed by atoms with Crippen molar-refractivity contribution in [3.05, 3.63) is 40.7 Å². The van der Waals surface area contributed by atoms with Crippen LogP contribution < -0.4 is 11.1 Å². The van der Waals surface area contributed by atoms with E-state index in [1.807, 2.05) is 35.7 Å². The van der Waals surface area contributed by atoms with Crippen LogP contribution >= 0.6 is 11.3 Å². The van der Waals surface area contributed by atoms with E-state index in [9.17, 15) is 9.59 Å². The molecule has 1 saturated heterocycles. The topological polar surface area (TPSA) is 88.3 Å². The van der Waals surface area contributed by atoms with E-state index in [4.69, 9.17) is 5.73 Å². The van der Waals surface area contributed by atoms with Gasteiger partial charge in [-0.05, 0) is 12.8 Å². The standard InChI is InChI=1S/C17H20N4O2S/c18-16(22)13-6-8-21(9-7-13)17(23)19-10-15-20-14(11-24-15)12-4-2-1-3-5-12/h1-5,11,13H,6-10H2,(H2,18,22)(H,19,23). The lowest BCUT2D eigenvalue weighted by Gasteiger charge is -2.30. The minimum absolute atomic E-state index is 0.110. The molecule has 0 aliphatic carbocycles. The molecule has 3 amide bonds. The highest BCUT2D eigenvalue weighted by Crippen LogP contribution is 2.21. The van der Waals surface area contributed by atoms with Gasteiger partial charge in [0.05, 0.1) is 12.2 Å². The summed E-state index contributed by atoms with van der Waals surface area (Å²) in [5.74, 6) is -0.382. The molecule has 0 unspecified atom stereocenters. The van der Waals surface area contributed by atoms with Crippen LogP contribution in [0.25, 0.3) is 11.3 Å². The Labute approximate surface area is 144 Å². The van der Waals surface area contributed by atoms with Crippen LogP contribution in [0.1, 0.15) is 17.8 Å². The molecule has 0 bridgehead atoms. The number of thiazole rings is 1. The van der Waals surface area contributed by atoms with Gasteiger partial charge in [0.25, 0.3) is 0 Å². The molecule has 1 aliphatic heterocycles. The number of rotatable bonds is 4. The molecule has 0 atom stereocenters. The fourth-order valence-corrected chi connectivity index (χ4v) is 3.51. The molecular formula is C17H20N4O2S. The van der Waals surface area contributed by atoms with Gasteiger partial charge in [0, 0.05) is 30.0 Å². The number of nitrogens with zero attached hydrogens (tertiary/aromatic N) is 2. The molecule has 126 valence electrons. The Morgan fingerprint density at radius 2 is 1.96 bits per heavy atom. The van der Waals surface area contributed by atoms with Crippen LogP contribution in [-0.4, -0.2) is 34.9 Å². The number of likely N-dealkylation sites (tertiary alicyclic amines) is 1. The first-order chi connectivity index (χ1) is 11.6. The van der Waals surface area contributed by atoms with Crippen molar-refractivity contribution in [3.63, 3.8) is 0 Å². The number of carbonyl (C=O) groups is 2. The summed E-state index contributed by atoms with van der Waals surface area (Å²) in [4.78, 5) is 29.6. The van der Waals surface area contributed by atoms with E-state index in [2.05, 4.69) is 10.3 Å². The van der Waals surface area contributed by atoms with Gasteiger partial charge >= 0.3 is 6.03 Å². The second-order valence-electron chi connectivity index (χ2n) is 5.81. The largest absolute Gasteiger partial charge is 0.369 e. The van der Waals surface area contributed by atoms with Crippen LogP contribution in [0.15, 0.2) is 35.7 Å². The molecule has 0 saturated carbocycles. The lowest BCUT2D eigenvalue weighted by atomic mass is 9.96. The Hall–Kier alpha value is -2.41. The van der Waals surface area contributed by atoms with Crippen LogP contribution in [0.4, 0.5) is 4.79 Å². The number of primary amides is 1. The Morgan fingerprint density at radius 1 is 1.25 bits per heavy atom. The van der Waals surface area contributed by atoms with Crippen LogP contribution in [-0.2, 0) is 11.3 Å². The summed E-state index contributed by atoms with van der Waals surface area (Å²) < 4.78 is 0. The van der Waals surface area contributed by atoms with Gasteiger partial charge in [0.1, 0.15) is 5.01 Å². The average molecular weight is 344 g/mol. The normalized spacial score (nSPS) is 15.2. The molecule has 2 heterocycles. The number of urea groups is 1. The number of nitrogens with two attached hydrogens (primary N) is 1. The van der Waals surface area contributed by atoms with Crippen molar-refractivity contribution in [2.24, 2.45) is 11.7 Å². The van der Waals surface area contributed by atoms with Gasteiger partial charge in [-0.15, -0.1) is 11.3 Å². The number of benzene rings is 1. The quantitative estimate of drug-likeness (QED) is 0.891. The molecular weight excluding hydrogens is 324 g/mol. The van der Waals surface area contributed by atoms with Crippen LogP contribution in [0, 0.1) is 5.92 Å². The Morgan fingerprint density at radius 3 is 2.62 bits per heavy atom. The number of carbonyl (C=O) groups excluding carboxylic acids is 2. The van der Waals surface area contributed by atoms with E-state index in [-0.39, 0.29) is 17.9 Å². The van der Waals surface area contributed by atoms with Gasteiger partial charge in [-0.2, -0.15) is 0 Å². The summed E-state index contributed by atoms with van der Waals surface area (Å²) in [6, 6.07) is 9.84. The SMILES string of the molecule is NC(=O)C1CCN(C(=O)NCc2nc(-c3ccccc3)cs2)CC1. The number of nitrogens with one attached hydrogen (secondary N) is 1. The molecule has 6 nitrogen and oxygen atoms in total. The van der Waals surface area contributed by atoms with Crippen molar-refractivity contribution in [1.82, 2.24) is 15.2 Å². The smallest absolute Gasteiger partial charge is 0.317 e. The van der Waals surface area contributed by atoms with Crippen LogP contribution in [0.3, 0.4) is 0 Å². The monoisotopic (exact) mass is 344 g/mol. The Kier molecular flexibility index (Phi) is 5.10. The maximum Gasteiger partial charge on any atom is 0.317 e. The van der Waals surface area contributed by atoms with Gasteiger partial charge < -0.3 is 16.0 Å². The minimum Gasteiger partial charge on any atom is -0.369 e. The summed E-state index contributed by atoms with van der Waals surface area (Å²) in [6.45, 7) is 1.53. The van der Waals surface area contributed by atoms with Gasteiger partial charge in [0.15, 0.2) is 0 Å². The van der Waals surface area contributed by atoms with E-state index >= 15 is 0 Å². The first-order valence-electron chi connectivity index (χ1n) is 7.95. The Balaban J connectivity index is 1.50. The molecule has 1 fully saturated rings. The predicted octanol–water partition coefficient (Wildman–Crippen LogP) is 2.22. The lowest BCUT2D eigenvalue weighted by molar-refractivity contribution is -0.123. The second-order valence-corrected chi connectivity index (χ2v) is 6.76. The summed E-state index contributed by atoms with van der Waals surface area (Å²) in [5, 5.41) is 5.76. The molecule has 7 heteroatoms. The summed E-state index contributed by atoms with van der Waals surface area (Å²) >= 11 is 1.53. The molecule has 3 rings (SSSR count). The third-order valence-corrected chi connectivity index (χ3v) is 5.05. The average Bonchev–Trinajstić information content (AvgIpc) is 3.09. The predicted molar refractivity (Wildman–Crippen MR) is 93.3 cm³/mol. The lowest BCUT2D eigenvalue weighted by Crippen LogP contribution is -2.46. The zero-order valence-corrected chi connectivity index (χ0v) is 14.1. The molecule has 3 N–H and O–H groups in total. The number of hydrogen-bond acceptors (Lipinski definition) is 4. The van der Waals surface area contributed by atoms with Crippen LogP contribution in [0.2, 0.25) is 0 Å². The number of amides is 3. The molecule has 0 spiro atoms. The summed E-state index contributed by atoms with van der Waals surface area (Å²) in [5.41, 5.74) is 7.30. The molecule has 24 heavy (non-hydrogen) atoms. The zero-order chi connectivity index (χ0) is 16.9. The highest BCUT2D eigenvalue weighted by atomic mass is 32.1. The van der Waals surface area contributed by atoms with Crippen molar-refractivity contribution in [2.75, 3.05) is 13.1 Å². The number of hydrogen-bond donors (Lipinski definition) is 2. The highest BCUT2D eigenvalue weighted by molar-refractivity contribution is 7.09. The first kappa shape index (κ1) is 16.4. The van der Waals surface area contributed by atoms with Crippen molar-refractivity contribution < 1.29 is 9.59 Å². The van der Waals surface area contributed by atoms with Gasteiger partial charge in [0.2, 0.25) is 5.91 Å². The third-order valence-electron chi connectivity index (χ3n) is 4.20. The van der Waals surface area contributed by atoms with Crippen molar-refractivity contribution in [1.29, 1.82) is 0 Å². The van der Waals surface area contributed by atoms with Crippen molar-refractivity contribution in [3.8, 4) is 11.3 Å². The van der Waals surface area contributed by atoms with Gasteiger partial charge in [-0.25, -0.2) is 9.78 Å². The summed E-state index contributed by atoms with van der Waals surface area (Å²) in [6.07, 6.45) is 1.27. The number of aromatic nitrogens is 1. The van der Waals surface area contributed by atoms with E-state index < -0.39 is 0 Å². The third kappa shape index (κ3) is 3.91. The summed E-state index contributed by atoms with van der Waals surface area (Å²) in [7, 11) is 0. The van der Waals surface area contributed by atoms with E-state index in [1.54, 1.807) is 4.90 Å². The van der Waals surface area contributed by atoms with E-state index in [0.717, 1.165) is 16.3 Å². The van der Waals surface area contributed by atoms with E-state index in [0.29, 0.717) is 32.5 Å². The second kappa shape index (κ2) is 7.44. The first-order valence-corrected chi connectivity index (χ1v) is 8.83. The zero-order valence-electron chi connectivity index (χ0n) is 13.3. The fourth-order valence-electron chi connectivity index (χ4n) is 2.76. The molecule has 0 radical (unpaired) electrons. The van der Waals surface area contributed by atoms with Crippen molar-refractivity contribution >= 4 is 23.3 Å². The molecule has 2 aromatic rings. The maximum absolute atomic E-state index is 12.2.